The molecule has 0 saturated carbocycles. The van der Waals surface area contributed by atoms with E-state index < -0.39 is 24.3 Å². The van der Waals surface area contributed by atoms with Crippen molar-refractivity contribution in [3.8, 4) is 0 Å². The minimum atomic E-state index is -1.15. The lowest BCUT2D eigenvalue weighted by Gasteiger charge is -2.32. The number of thiol groups is 1. The fourth-order valence-electron chi connectivity index (χ4n) is 2.12. The molecule has 0 spiro atoms. The lowest BCUT2D eigenvalue weighted by Crippen LogP contribution is -2.41. The van der Waals surface area contributed by atoms with Crippen molar-refractivity contribution in [3.63, 3.8) is 0 Å². The number of aromatic nitrogens is 1. The molecule has 1 N–H and O–H groups in total. The van der Waals surface area contributed by atoms with Gasteiger partial charge in [-0.1, -0.05) is 17.7 Å². The first kappa shape index (κ1) is 18.3. The summed E-state index contributed by atoms with van der Waals surface area (Å²) in [5.41, 5.74) is 0.0776. The van der Waals surface area contributed by atoms with Gasteiger partial charge in [-0.05, 0) is 45.3 Å². The molecule has 0 amide bonds. The average Bonchev–Trinajstić information content (AvgIpc) is 2.65. The Hall–Kier alpha value is -1.02. The zero-order chi connectivity index (χ0) is 17.4. The summed E-state index contributed by atoms with van der Waals surface area (Å²) in [7, 11) is -0.588. The number of halogens is 1. The maximum atomic E-state index is 11.3. The summed E-state index contributed by atoms with van der Waals surface area (Å²) < 4.78 is 12.0. The van der Waals surface area contributed by atoms with E-state index in [1.807, 2.05) is 27.7 Å². The molecule has 1 aromatic heterocycles. The maximum Gasteiger partial charge on any atom is 0.491 e. The van der Waals surface area contributed by atoms with Crippen LogP contribution in [0.2, 0.25) is 5.15 Å². The number of pyridine rings is 1. The second-order valence-electron chi connectivity index (χ2n) is 6.34. The van der Waals surface area contributed by atoms with Gasteiger partial charge in [-0.3, -0.25) is 0 Å². The largest absolute Gasteiger partial charge is 0.491 e. The highest BCUT2D eigenvalue weighted by atomic mass is 35.5. The average molecular weight is 356 g/mol. The minimum Gasteiger partial charge on any atom is -0.476 e. The van der Waals surface area contributed by atoms with Gasteiger partial charge in [-0.25, -0.2) is 9.78 Å². The third-order valence-corrected chi connectivity index (χ3v) is 4.75. The smallest absolute Gasteiger partial charge is 0.476 e. The van der Waals surface area contributed by atoms with Crippen molar-refractivity contribution in [1.29, 1.82) is 0 Å². The highest BCUT2D eigenvalue weighted by Crippen LogP contribution is 2.39. The molecule has 0 bridgehead atoms. The van der Waals surface area contributed by atoms with E-state index in [1.54, 1.807) is 18.2 Å². The van der Waals surface area contributed by atoms with Gasteiger partial charge in [0.05, 0.1) is 11.2 Å². The van der Waals surface area contributed by atoms with E-state index in [1.165, 1.54) is 0 Å². The molecule has 8 heteroatoms. The van der Waals surface area contributed by atoms with Crippen LogP contribution in [0.4, 0.5) is 0 Å². The van der Waals surface area contributed by atoms with Crippen LogP contribution in [0.1, 0.15) is 43.7 Å². The summed E-state index contributed by atoms with van der Waals surface area (Å²) in [6.45, 7) is 7.82. The van der Waals surface area contributed by atoms with Gasteiger partial charge in [0.2, 0.25) is 0 Å². The van der Waals surface area contributed by atoms with Gasteiger partial charge in [0.15, 0.2) is 5.69 Å². The van der Waals surface area contributed by atoms with Gasteiger partial charge in [-0.15, -0.1) is 0 Å². The Morgan fingerprint density at radius 2 is 1.91 bits per heavy atom. The monoisotopic (exact) mass is 355 g/mol. The molecule has 23 heavy (non-hydrogen) atoms. The molecule has 1 aromatic rings. The fourth-order valence-corrected chi connectivity index (χ4v) is 2.50. The Kier molecular flexibility index (Phi) is 5.16. The van der Waals surface area contributed by atoms with Crippen LogP contribution >= 0.6 is 24.2 Å². The predicted octanol–water partition coefficient (Wildman–Crippen LogP) is 3.38. The number of aromatic carboxylic acids is 1. The molecule has 2 rings (SSSR count). The number of carboxylic acids is 1. The van der Waals surface area contributed by atoms with Gasteiger partial charge >= 0.3 is 13.1 Å². The highest BCUT2D eigenvalue weighted by Gasteiger charge is 2.52. The molecule has 0 aliphatic carbocycles. The SMILES string of the molecule is CC1(C)OB(C(=Cc2ccc(Cl)nc2C(=O)O)CS)OC1(C)C. The molecule has 1 fully saturated rings. The van der Waals surface area contributed by atoms with Gasteiger partial charge in [0, 0.05) is 11.3 Å². The van der Waals surface area contributed by atoms with Crippen molar-refractivity contribution < 1.29 is 19.2 Å². The molecular formula is C15H19BClNO4S. The summed E-state index contributed by atoms with van der Waals surface area (Å²) in [4.78, 5) is 15.2. The van der Waals surface area contributed by atoms with E-state index in [4.69, 9.17) is 20.9 Å². The second-order valence-corrected chi connectivity index (χ2v) is 7.05. The van der Waals surface area contributed by atoms with Crippen molar-refractivity contribution in [2.24, 2.45) is 0 Å². The van der Waals surface area contributed by atoms with E-state index in [2.05, 4.69) is 17.6 Å². The van der Waals surface area contributed by atoms with Crippen LogP contribution in [0.15, 0.2) is 17.6 Å². The molecule has 124 valence electrons. The predicted molar refractivity (Wildman–Crippen MR) is 94.1 cm³/mol. The van der Waals surface area contributed by atoms with E-state index in [9.17, 15) is 9.90 Å². The first-order valence-corrected chi connectivity index (χ1v) is 8.15. The lowest BCUT2D eigenvalue weighted by molar-refractivity contribution is 0.00578. The van der Waals surface area contributed by atoms with Crippen LogP contribution in [0.25, 0.3) is 6.08 Å². The molecule has 0 radical (unpaired) electrons. The van der Waals surface area contributed by atoms with Gasteiger partial charge in [0.25, 0.3) is 0 Å². The zero-order valence-electron chi connectivity index (χ0n) is 13.5. The molecule has 0 unspecified atom stereocenters. The summed E-state index contributed by atoms with van der Waals surface area (Å²) in [5, 5.41) is 9.40. The summed E-state index contributed by atoms with van der Waals surface area (Å²) in [6, 6.07) is 3.15. The topological polar surface area (TPSA) is 68.7 Å². The number of hydrogen-bond acceptors (Lipinski definition) is 5. The number of carbonyl (C=O) groups is 1. The number of rotatable bonds is 4. The summed E-state index contributed by atoms with van der Waals surface area (Å²) in [5.74, 6) is -0.787. The first-order valence-electron chi connectivity index (χ1n) is 7.14. The maximum absolute atomic E-state index is 11.3. The second kappa shape index (κ2) is 6.47. The minimum absolute atomic E-state index is 0.117. The van der Waals surface area contributed by atoms with Crippen LogP contribution < -0.4 is 0 Å². The number of hydrogen-bond donors (Lipinski definition) is 2. The molecule has 0 atom stereocenters. The van der Waals surface area contributed by atoms with Gasteiger partial charge < -0.3 is 14.4 Å². The molecule has 1 aliphatic rings. The summed E-state index contributed by atoms with van der Waals surface area (Å²) >= 11 is 10.1. The fraction of sp³-hybridized carbons (Fsp3) is 0.467. The Labute approximate surface area is 146 Å². The molecule has 1 aliphatic heterocycles. The molecule has 1 saturated heterocycles. The number of nitrogens with zero attached hydrogens (tertiary/aromatic N) is 1. The zero-order valence-corrected chi connectivity index (χ0v) is 15.1. The van der Waals surface area contributed by atoms with Gasteiger partial charge in [0.1, 0.15) is 5.15 Å². The van der Waals surface area contributed by atoms with Gasteiger partial charge in [-0.2, -0.15) is 12.6 Å². The first-order chi connectivity index (χ1) is 10.6. The highest BCUT2D eigenvalue weighted by molar-refractivity contribution is 7.80. The quantitative estimate of drug-likeness (QED) is 0.492. The van der Waals surface area contributed by atoms with Crippen molar-refractivity contribution >= 4 is 43.4 Å². The van der Waals surface area contributed by atoms with Crippen molar-refractivity contribution in [2.75, 3.05) is 5.75 Å². The standard InChI is InChI=1S/C15H19BClNO4S/c1-14(2)15(3,4)22-16(21-14)10(8-23)7-9-5-6-11(17)18-12(9)13(19)20/h5-7,23H,8H2,1-4H3,(H,19,20). The van der Waals surface area contributed by atoms with Crippen LogP contribution in [0.3, 0.4) is 0 Å². The van der Waals surface area contributed by atoms with Crippen LogP contribution in [-0.2, 0) is 9.31 Å². The van der Waals surface area contributed by atoms with E-state index in [0.717, 1.165) is 5.47 Å². The van der Waals surface area contributed by atoms with E-state index in [-0.39, 0.29) is 10.8 Å². The van der Waals surface area contributed by atoms with Crippen molar-refractivity contribution in [3.05, 3.63) is 34.0 Å². The molecular weight excluding hydrogens is 337 g/mol. The van der Waals surface area contributed by atoms with E-state index >= 15 is 0 Å². The summed E-state index contributed by atoms with van der Waals surface area (Å²) in [6.07, 6.45) is 1.68. The third-order valence-electron chi connectivity index (χ3n) is 4.17. The Bertz CT molecular complexity index is 647. The Balaban J connectivity index is 2.40. The van der Waals surface area contributed by atoms with Crippen LogP contribution in [0.5, 0.6) is 0 Å². The third kappa shape index (κ3) is 3.74. The van der Waals surface area contributed by atoms with E-state index in [0.29, 0.717) is 11.3 Å². The molecule has 2 heterocycles. The number of carboxylic acid groups (broad SMARTS) is 1. The van der Waals surface area contributed by atoms with Crippen molar-refractivity contribution in [1.82, 2.24) is 4.98 Å². The normalized spacial score (nSPS) is 19.9. The van der Waals surface area contributed by atoms with Crippen LogP contribution in [0, 0.1) is 0 Å². The Morgan fingerprint density at radius 3 is 2.39 bits per heavy atom. The molecule has 5 nitrogen and oxygen atoms in total. The van der Waals surface area contributed by atoms with Crippen LogP contribution in [-0.4, -0.2) is 40.1 Å². The van der Waals surface area contributed by atoms with Crippen molar-refractivity contribution in [2.45, 2.75) is 38.9 Å². The molecule has 0 aromatic carbocycles. The Morgan fingerprint density at radius 1 is 1.35 bits per heavy atom. The lowest BCUT2D eigenvalue weighted by atomic mass is 9.78.